The second-order valence-corrected chi connectivity index (χ2v) is 3.36. The van der Waals surface area contributed by atoms with E-state index in [0.717, 1.165) is 6.42 Å². The molecule has 4 N–H and O–H groups in total. The summed E-state index contributed by atoms with van der Waals surface area (Å²) in [6.07, 6.45) is 1.53. The Hall–Kier alpha value is -1.10. The number of amides is 2. The van der Waals surface area contributed by atoms with Crippen molar-refractivity contribution in [2.45, 2.75) is 31.8 Å². The van der Waals surface area contributed by atoms with E-state index < -0.39 is 18.0 Å². The van der Waals surface area contributed by atoms with Crippen molar-refractivity contribution in [3.63, 3.8) is 0 Å². The molecule has 1 rings (SSSR count). The Labute approximate surface area is 77.1 Å². The maximum Gasteiger partial charge on any atom is 0.240 e. The molecule has 0 spiro atoms. The highest BCUT2D eigenvalue weighted by atomic mass is 16.2. The van der Waals surface area contributed by atoms with Gasteiger partial charge in [0.1, 0.15) is 6.04 Å². The first-order valence-electron chi connectivity index (χ1n) is 4.39. The van der Waals surface area contributed by atoms with Crippen molar-refractivity contribution in [3.05, 3.63) is 0 Å². The molecule has 1 fully saturated rings. The van der Waals surface area contributed by atoms with Gasteiger partial charge in [-0.1, -0.05) is 0 Å². The van der Waals surface area contributed by atoms with Gasteiger partial charge in [-0.25, -0.2) is 0 Å². The van der Waals surface area contributed by atoms with Crippen LogP contribution in [0.5, 0.6) is 0 Å². The maximum atomic E-state index is 11.5. The van der Waals surface area contributed by atoms with Gasteiger partial charge in [0.15, 0.2) is 0 Å². The molecule has 13 heavy (non-hydrogen) atoms. The van der Waals surface area contributed by atoms with Crippen molar-refractivity contribution in [3.8, 4) is 0 Å². The number of primary amides is 1. The van der Waals surface area contributed by atoms with Crippen LogP contribution in [0, 0.1) is 0 Å². The summed E-state index contributed by atoms with van der Waals surface area (Å²) in [7, 11) is 0. The second kappa shape index (κ2) is 3.74. The first-order valence-corrected chi connectivity index (χ1v) is 4.39. The minimum Gasteiger partial charge on any atom is -0.368 e. The van der Waals surface area contributed by atoms with E-state index in [9.17, 15) is 9.59 Å². The zero-order valence-electron chi connectivity index (χ0n) is 7.69. The van der Waals surface area contributed by atoms with Crippen molar-refractivity contribution in [1.82, 2.24) is 4.90 Å². The van der Waals surface area contributed by atoms with Gasteiger partial charge in [-0.15, -0.1) is 0 Å². The van der Waals surface area contributed by atoms with Gasteiger partial charge < -0.3 is 16.4 Å². The lowest BCUT2D eigenvalue weighted by Crippen LogP contribution is -2.55. The highest BCUT2D eigenvalue weighted by molar-refractivity contribution is 5.89. The first-order chi connectivity index (χ1) is 6.04. The summed E-state index contributed by atoms with van der Waals surface area (Å²) in [4.78, 5) is 23.8. The number of nitrogens with zero attached hydrogens (tertiary/aromatic N) is 1. The fourth-order valence-corrected chi connectivity index (χ4v) is 1.47. The number of rotatable bonds is 2. The van der Waals surface area contributed by atoms with Crippen LogP contribution in [0.25, 0.3) is 0 Å². The Morgan fingerprint density at radius 2 is 2.31 bits per heavy atom. The van der Waals surface area contributed by atoms with E-state index in [2.05, 4.69) is 0 Å². The molecule has 1 aliphatic heterocycles. The first kappa shape index (κ1) is 9.98. The van der Waals surface area contributed by atoms with Gasteiger partial charge >= 0.3 is 0 Å². The van der Waals surface area contributed by atoms with Crippen LogP contribution in [-0.2, 0) is 9.59 Å². The van der Waals surface area contributed by atoms with Gasteiger partial charge in [-0.2, -0.15) is 0 Å². The highest BCUT2D eigenvalue weighted by Crippen LogP contribution is 2.12. The monoisotopic (exact) mass is 185 g/mol. The molecule has 0 aliphatic carbocycles. The summed E-state index contributed by atoms with van der Waals surface area (Å²) >= 11 is 0. The Kier molecular flexibility index (Phi) is 2.87. The zero-order chi connectivity index (χ0) is 10.0. The Bertz CT molecular complexity index is 229. The summed E-state index contributed by atoms with van der Waals surface area (Å²) in [6.45, 7) is 2.20. The highest BCUT2D eigenvalue weighted by Gasteiger charge is 2.30. The molecule has 1 saturated heterocycles. The maximum absolute atomic E-state index is 11.5. The second-order valence-electron chi connectivity index (χ2n) is 3.36. The lowest BCUT2D eigenvalue weighted by Gasteiger charge is -2.33. The minimum absolute atomic E-state index is 0.169. The molecule has 0 aromatic carbocycles. The average molecular weight is 185 g/mol. The quantitative estimate of drug-likeness (QED) is 0.567. The number of carbonyl (C=O) groups excluding carboxylic acids is 2. The molecule has 0 saturated carbocycles. The van der Waals surface area contributed by atoms with Gasteiger partial charge in [0.2, 0.25) is 11.8 Å². The number of likely N-dealkylation sites (tertiary alicyclic amines) is 1. The fourth-order valence-electron chi connectivity index (χ4n) is 1.47. The lowest BCUT2D eigenvalue weighted by atomic mass is 10.0. The third kappa shape index (κ3) is 1.98. The summed E-state index contributed by atoms with van der Waals surface area (Å²) in [5, 5.41) is 0. The summed E-state index contributed by atoms with van der Waals surface area (Å²) in [5.41, 5.74) is 10.7. The van der Waals surface area contributed by atoms with E-state index in [-0.39, 0.29) is 5.91 Å². The van der Waals surface area contributed by atoms with E-state index in [4.69, 9.17) is 11.5 Å². The summed E-state index contributed by atoms with van der Waals surface area (Å²) < 4.78 is 0. The van der Waals surface area contributed by atoms with Crippen LogP contribution in [-0.4, -0.2) is 35.3 Å². The number of nitrogens with two attached hydrogens (primary N) is 2. The number of hydrogen-bond acceptors (Lipinski definition) is 3. The third-order valence-electron chi connectivity index (χ3n) is 2.39. The number of hydrogen-bond donors (Lipinski definition) is 2. The zero-order valence-corrected chi connectivity index (χ0v) is 7.69. The largest absolute Gasteiger partial charge is 0.368 e. The third-order valence-corrected chi connectivity index (χ3v) is 2.39. The van der Waals surface area contributed by atoms with Crippen LogP contribution in [0.1, 0.15) is 19.8 Å². The summed E-state index contributed by atoms with van der Waals surface area (Å²) in [6, 6.07) is -1.01. The Morgan fingerprint density at radius 1 is 1.69 bits per heavy atom. The van der Waals surface area contributed by atoms with Gasteiger partial charge in [-0.05, 0) is 19.8 Å². The van der Waals surface area contributed by atoms with Gasteiger partial charge in [0.25, 0.3) is 0 Å². The van der Waals surface area contributed by atoms with Crippen LogP contribution in [0.2, 0.25) is 0 Å². The predicted octanol–water partition coefficient (Wildman–Crippen LogP) is -1.19. The van der Waals surface area contributed by atoms with Crippen LogP contribution in [0.3, 0.4) is 0 Å². The molecule has 5 nitrogen and oxygen atoms in total. The van der Waals surface area contributed by atoms with Gasteiger partial charge in [0.05, 0.1) is 6.04 Å². The molecule has 2 atom stereocenters. The Balaban J connectivity index is 2.68. The molecule has 0 aromatic heterocycles. The Morgan fingerprint density at radius 3 is 2.85 bits per heavy atom. The summed E-state index contributed by atoms with van der Waals surface area (Å²) in [5.74, 6) is -0.653. The van der Waals surface area contributed by atoms with E-state index in [1.165, 1.54) is 4.90 Å². The smallest absolute Gasteiger partial charge is 0.240 e. The van der Waals surface area contributed by atoms with Crippen molar-refractivity contribution in [2.24, 2.45) is 11.5 Å². The SMILES string of the molecule is C[C@H](C(N)=O)N1CCC[C@H](N)C1=O. The van der Waals surface area contributed by atoms with Crippen molar-refractivity contribution in [2.75, 3.05) is 6.54 Å². The molecule has 1 aliphatic rings. The molecule has 1 heterocycles. The van der Waals surface area contributed by atoms with Crippen LogP contribution in [0.4, 0.5) is 0 Å². The van der Waals surface area contributed by atoms with Crippen LogP contribution < -0.4 is 11.5 Å². The standard InChI is InChI=1S/C8H15N3O2/c1-5(7(10)12)11-4-2-3-6(9)8(11)13/h5-6H,2-4,9H2,1H3,(H2,10,12)/t5-,6+/m1/s1. The molecular weight excluding hydrogens is 170 g/mol. The molecule has 0 unspecified atom stereocenters. The predicted molar refractivity (Wildman–Crippen MR) is 47.6 cm³/mol. The lowest BCUT2D eigenvalue weighted by molar-refractivity contribution is -0.141. The van der Waals surface area contributed by atoms with E-state index in [1.54, 1.807) is 6.92 Å². The van der Waals surface area contributed by atoms with E-state index in [1.807, 2.05) is 0 Å². The number of carbonyl (C=O) groups is 2. The van der Waals surface area contributed by atoms with Crippen molar-refractivity contribution >= 4 is 11.8 Å². The topological polar surface area (TPSA) is 89.4 Å². The van der Waals surface area contributed by atoms with E-state index in [0.29, 0.717) is 13.0 Å². The molecule has 0 bridgehead atoms. The molecular formula is C8H15N3O2. The average Bonchev–Trinajstić information content (AvgIpc) is 2.08. The van der Waals surface area contributed by atoms with Crippen molar-refractivity contribution < 1.29 is 9.59 Å². The van der Waals surface area contributed by atoms with Crippen LogP contribution >= 0.6 is 0 Å². The van der Waals surface area contributed by atoms with Gasteiger partial charge in [0, 0.05) is 6.54 Å². The molecule has 5 heteroatoms. The molecule has 74 valence electrons. The van der Waals surface area contributed by atoms with Crippen molar-refractivity contribution in [1.29, 1.82) is 0 Å². The fraction of sp³-hybridized carbons (Fsp3) is 0.750. The van der Waals surface area contributed by atoms with Gasteiger partial charge in [-0.3, -0.25) is 9.59 Å². The van der Waals surface area contributed by atoms with E-state index >= 15 is 0 Å². The molecule has 2 amide bonds. The molecule has 0 aromatic rings. The normalized spacial score (nSPS) is 25.8. The van der Waals surface area contributed by atoms with Crippen LogP contribution in [0.15, 0.2) is 0 Å². The number of piperidine rings is 1. The molecule has 0 radical (unpaired) electrons. The minimum atomic E-state index is -0.543.